The van der Waals surface area contributed by atoms with Crippen molar-refractivity contribution < 1.29 is 28.8 Å². The monoisotopic (exact) mass is 331 g/mol. The van der Waals surface area contributed by atoms with Gasteiger partial charge in [-0.1, -0.05) is 17.3 Å². The number of carboxylic acid groups (broad SMARTS) is 1. The zero-order valence-electron chi connectivity index (χ0n) is 11.1. The van der Waals surface area contributed by atoms with Gasteiger partial charge in [0.1, 0.15) is 11.8 Å². The number of aliphatic carboxylic acids is 1. The van der Waals surface area contributed by atoms with E-state index in [2.05, 4.69) is 25.1 Å². The maximum absolute atomic E-state index is 10.5. The Labute approximate surface area is 124 Å². The molecule has 0 unspecified atom stereocenters. The minimum Gasteiger partial charge on any atom is -0.480 e. The molecule has 2 rings (SSSR count). The van der Waals surface area contributed by atoms with E-state index in [9.17, 15) is 9.36 Å². The molecule has 0 aliphatic rings. The number of benzene rings is 1. The molecular formula is C10H14N5O6P. The lowest BCUT2D eigenvalue weighted by atomic mass is 10.1. The van der Waals surface area contributed by atoms with Crippen LogP contribution in [-0.2, 0) is 15.8 Å². The van der Waals surface area contributed by atoms with Gasteiger partial charge in [-0.2, -0.15) is 5.21 Å². The summed E-state index contributed by atoms with van der Waals surface area (Å²) in [5.41, 5.74) is 5.97. The molecule has 1 aromatic carbocycles. The molecule has 0 spiro atoms. The number of aromatic amines is 1. The Hall–Kier alpha value is -2.33. The van der Waals surface area contributed by atoms with E-state index in [0.717, 1.165) is 0 Å². The second-order valence-corrected chi connectivity index (χ2v) is 5.10. The summed E-state index contributed by atoms with van der Waals surface area (Å²) in [5, 5.41) is 20.8. The summed E-state index contributed by atoms with van der Waals surface area (Å²) in [6, 6.07) is 4.65. The minimum atomic E-state index is -4.56. The van der Waals surface area contributed by atoms with Crippen molar-refractivity contribution >= 4 is 13.8 Å². The Balaban J connectivity index is 0.000000406. The van der Waals surface area contributed by atoms with Gasteiger partial charge in [-0.05, 0) is 24.1 Å². The Morgan fingerprint density at radius 1 is 1.36 bits per heavy atom. The van der Waals surface area contributed by atoms with Crippen LogP contribution in [-0.4, -0.2) is 47.5 Å². The number of hydrogen-bond donors (Lipinski definition) is 5. The van der Waals surface area contributed by atoms with Crippen LogP contribution >= 0.6 is 7.82 Å². The molecule has 6 N–H and O–H groups in total. The third-order valence-corrected chi connectivity index (χ3v) is 2.64. The third-order valence-electron chi connectivity index (χ3n) is 2.19. The molecule has 2 aromatic rings. The fourth-order valence-corrected chi connectivity index (χ4v) is 1.69. The SMILES string of the molecule is N[C@@H](Cc1ccc(OP(=O)(O)O)cc1)C(=O)O.c1nn[nH]n1. The second kappa shape index (κ2) is 8.20. The van der Waals surface area contributed by atoms with Crippen molar-refractivity contribution in [1.29, 1.82) is 0 Å². The van der Waals surface area contributed by atoms with Gasteiger partial charge in [-0.3, -0.25) is 14.6 Å². The molecule has 12 heteroatoms. The van der Waals surface area contributed by atoms with E-state index in [0.29, 0.717) is 5.56 Å². The first kappa shape index (κ1) is 17.7. The van der Waals surface area contributed by atoms with E-state index in [4.69, 9.17) is 20.6 Å². The van der Waals surface area contributed by atoms with Gasteiger partial charge >= 0.3 is 13.8 Å². The van der Waals surface area contributed by atoms with Gasteiger partial charge in [0.25, 0.3) is 0 Å². The number of H-pyrrole nitrogens is 1. The van der Waals surface area contributed by atoms with Crippen LogP contribution in [0.3, 0.4) is 0 Å². The van der Waals surface area contributed by atoms with Gasteiger partial charge in [-0.15, -0.1) is 10.2 Å². The standard InChI is InChI=1S/C9H12NO6P.CH2N4/c10-8(9(11)12)5-6-1-3-7(4-2-6)16-17(13,14)15;1-2-4-5-3-1/h1-4,8H,5,10H2,(H,11,12)(H2,13,14,15);1H,(H,2,3,4,5)/t8-;/m0./s1. The molecule has 1 aromatic heterocycles. The molecular weight excluding hydrogens is 317 g/mol. The van der Waals surface area contributed by atoms with E-state index in [1.54, 1.807) is 0 Å². The Bertz CT molecular complexity index is 596. The minimum absolute atomic E-state index is 0.00554. The van der Waals surface area contributed by atoms with Gasteiger partial charge < -0.3 is 15.4 Å². The maximum atomic E-state index is 10.5. The topological polar surface area (TPSA) is 185 Å². The van der Waals surface area contributed by atoms with Crippen LogP contribution in [0.15, 0.2) is 30.6 Å². The lowest BCUT2D eigenvalue weighted by molar-refractivity contribution is -0.138. The fourth-order valence-electron chi connectivity index (χ4n) is 1.29. The molecule has 0 saturated carbocycles. The average Bonchev–Trinajstić information content (AvgIpc) is 2.98. The summed E-state index contributed by atoms with van der Waals surface area (Å²) in [6.07, 6.45) is 1.46. The number of nitrogens with two attached hydrogens (primary N) is 1. The number of nitrogens with zero attached hydrogens (tertiary/aromatic N) is 3. The van der Waals surface area contributed by atoms with Gasteiger partial charge in [0.15, 0.2) is 6.33 Å². The van der Waals surface area contributed by atoms with Crippen molar-refractivity contribution in [3.63, 3.8) is 0 Å². The smallest absolute Gasteiger partial charge is 0.480 e. The Kier molecular flexibility index (Phi) is 6.60. The molecule has 0 aliphatic heterocycles. The van der Waals surface area contributed by atoms with E-state index in [1.807, 2.05) is 0 Å². The molecule has 120 valence electrons. The molecule has 22 heavy (non-hydrogen) atoms. The quantitative estimate of drug-likeness (QED) is 0.439. The third kappa shape index (κ3) is 7.45. The van der Waals surface area contributed by atoms with Crippen molar-refractivity contribution in [2.24, 2.45) is 5.73 Å². The largest absolute Gasteiger partial charge is 0.524 e. The number of rotatable bonds is 5. The molecule has 1 atom stereocenters. The number of aromatic nitrogens is 4. The Morgan fingerprint density at radius 3 is 2.36 bits per heavy atom. The number of tetrazole rings is 1. The first-order valence-corrected chi connectivity index (χ1v) is 7.30. The predicted molar refractivity (Wildman–Crippen MR) is 72.6 cm³/mol. The van der Waals surface area contributed by atoms with Crippen molar-refractivity contribution in [2.45, 2.75) is 12.5 Å². The molecule has 0 saturated heterocycles. The van der Waals surface area contributed by atoms with Crippen LogP contribution in [0.2, 0.25) is 0 Å². The Morgan fingerprint density at radius 2 is 2.00 bits per heavy atom. The summed E-state index contributed by atoms with van der Waals surface area (Å²) in [6.45, 7) is 0. The van der Waals surface area contributed by atoms with Gasteiger partial charge in [0, 0.05) is 0 Å². The van der Waals surface area contributed by atoms with E-state index >= 15 is 0 Å². The summed E-state index contributed by atoms with van der Waals surface area (Å²) in [4.78, 5) is 27.6. The van der Waals surface area contributed by atoms with Crippen LogP contribution in [0.1, 0.15) is 5.56 Å². The summed E-state index contributed by atoms with van der Waals surface area (Å²) in [5.74, 6) is -1.11. The normalized spacial score (nSPS) is 12.0. The van der Waals surface area contributed by atoms with Crippen molar-refractivity contribution in [3.05, 3.63) is 36.2 Å². The zero-order chi connectivity index (χ0) is 16.6. The van der Waals surface area contributed by atoms with E-state index < -0.39 is 19.8 Å². The van der Waals surface area contributed by atoms with Gasteiger partial charge in [0.05, 0.1) is 0 Å². The highest BCUT2D eigenvalue weighted by Crippen LogP contribution is 2.37. The van der Waals surface area contributed by atoms with Crippen LogP contribution in [0.5, 0.6) is 5.75 Å². The molecule has 0 bridgehead atoms. The lowest BCUT2D eigenvalue weighted by Gasteiger charge is -2.09. The van der Waals surface area contributed by atoms with Crippen molar-refractivity contribution in [3.8, 4) is 5.75 Å². The van der Waals surface area contributed by atoms with Gasteiger partial charge in [0.2, 0.25) is 0 Å². The second-order valence-electron chi connectivity index (χ2n) is 3.93. The summed E-state index contributed by atoms with van der Waals surface area (Å²) in [7, 11) is -4.56. The fraction of sp³-hybridized carbons (Fsp3) is 0.200. The molecule has 0 aliphatic carbocycles. The number of hydrogen-bond acceptors (Lipinski definition) is 7. The maximum Gasteiger partial charge on any atom is 0.524 e. The molecule has 0 radical (unpaired) electrons. The number of carboxylic acids is 1. The number of carbonyl (C=O) groups is 1. The van der Waals surface area contributed by atoms with Gasteiger partial charge in [-0.25, -0.2) is 4.57 Å². The van der Waals surface area contributed by atoms with Crippen molar-refractivity contribution in [1.82, 2.24) is 20.6 Å². The summed E-state index contributed by atoms with van der Waals surface area (Å²) < 4.78 is 14.9. The highest BCUT2D eigenvalue weighted by molar-refractivity contribution is 7.46. The predicted octanol–water partition coefficient (Wildman–Crippen LogP) is -0.688. The molecule has 0 amide bonds. The number of phosphoric acid groups is 1. The molecule has 0 fully saturated rings. The molecule has 11 nitrogen and oxygen atoms in total. The highest BCUT2D eigenvalue weighted by atomic mass is 31.2. The summed E-state index contributed by atoms with van der Waals surface area (Å²) >= 11 is 0. The van der Waals surface area contributed by atoms with Crippen LogP contribution in [0.4, 0.5) is 0 Å². The van der Waals surface area contributed by atoms with Crippen LogP contribution in [0.25, 0.3) is 0 Å². The number of nitrogens with one attached hydrogen (secondary N) is 1. The first-order valence-electron chi connectivity index (χ1n) is 5.77. The van der Waals surface area contributed by atoms with Crippen LogP contribution < -0.4 is 10.3 Å². The van der Waals surface area contributed by atoms with E-state index in [1.165, 1.54) is 30.6 Å². The average molecular weight is 331 g/mol. The first-order chi connectivity index (χ1) is 10.3. The number of phosphoric ester groups is 1. The highest BCUT2D eigenvalue weighted by Gasteiger charge is 2.16. The zero-order valence-corrected chi connectivity index (χ0v) is 12.0. The molecule has 1 heterocycles. The van der Waals surface area contributed by atoms with E-state index in [-0.39, 0.29) is 12.2 Å². The lowest BCUT2D eigenvalue weighted by Crippen LogP contribution is -2.32. The van der Waals surface area contributed by atoms with Crippen LogP contribution in [0, 0.1) is 0 Å². The van der Waals surface area contributed by atoms with Crippen molar-refractivity contribution in [2.75, 3.05) is 0 Å².